The lowest BCUT2D eigenvalue weighted by atomic mass is 10.1. The van der Waals surface area contributed by atoms with E-state index in [0.29, 0.717) is 0 Å². The van der Waals surface area contributed by atoms with Gasteiger partial charge in [-0.05, 0) is 20.3 Å². The Morgan fingerprint density at radius 1 is 1.50 bits per heavy atom. The molecule has 1 aliphatic heterocycles. The first-order valence-corrected chi connectivity index (χ1v) is 6.83. The van der Waals surface area contributed by atoms with E-state index in [1.807, 2.05) is 28.8 Å². The number of hydrogen-bond donors (Lipinski definition) is 1. The van der Waals surface area contributed by atoms with Crippen molar-refractivity contribution in [1.29, 1.82) is 0 Å². The summed E-state index contributed by atoms with van der Waals surface area (Å²) >= 11 is 1.95. The normalized spacial score (nSPS) is 33.1. The largest absolute Gasteiger partial charge is 0.340 e. The molecule has 2 N–H and O–H groups in total. The van der Waals surface area contributed by atoms with Crippen LogP contribution in [0.5, 0.6) is 0 Å². The molecule has 2 atom stereocenters. The Morgan fingerprint density at radius 2 is 2.25 bits per heavy atom. The van der Waals surface area contributed by atoms with Crippen LogP contribution in [0.2, 0.25) is 0 Å². The molecule has 16 heavy (non-hydrogen) atoms. The summed E-state index contributed by atoms with van der Waals surface area (Å²) in [6, 6.07) is 0.0705. The van der Waals surface area contributed by atoms with Crippen molar-refractivity contribution in [2.45, 2.75) is 31.1 Å². The van der Waals surface area contributed by atoms with E-state index in [0.717, 1.165) is 25.3 Å². The number of amides is 1. The summed E-state index contributed by atoms with van der Waals surface area (Å²) < 4.78 is 0.193. The summed E-state index contributed by atoms with van der Waals surface area (Å²) in [7, 11) is 0. The zero-order valence-electron chi connectivity index (χ0n) is 9.98. The predicted octanol–water partition coefficient (Wildman–Crippen LogP) is 1.24. The molecule has 1 aliphatic carbocycles. The Balaban J connectivity index is 1.97. The third-order valence-corrected chi connectivity index (χ3v) is 4.47. The minimum Gasteiger partial charge on any atom is -0.340 e. The van der Waals surface area contributed by atoms with E-state index in [-0.39, 0.29) is 22.6 Å². The molecule has 3 nitrogen and oxygen atoms in total. The number of nitrogens with two attached hydrogens (primary N) is 1. The fourth-order valence-electron chi connectivity index (χ4n) is 2.35. The standard InChI is InChI=1S/C12H20N2OS/c1-12(2)8-14(5-6-16-12)11(15)9-3-4-10(13)7-9/h3-4,9-10H,5-8,13H2,1-2H3. The second kappa shape index (κ2) is 4.41. The molecule has 0 aromatic rings. The Morgan fingerprint density at radius 3 is 2.81 bits per heavy atom. The molecule has 90 valence electrons. The van der Waals surface area contributed by atoms with Gasteiger partial charge in [-0.15, -0.1) is 0 Å². The quantitative estimate of drug-likeness (QED) is 0.702. The lowest BCUT2D eigenvalue weighted by Gasteiger charge is -2.38. The van der Waals surface area contributed by atoms with Crippen LogP contribution >= 0.6 is 11.8 Å². The Kier molecular flexibility index (Phi) is 3.31. The first kappa shape index (κ1) is 12.0. The molecule has 1 saturated heterocycles. The van der Waals surface area contributed by atoms with Gasteiger partial charge in [0.05, 0.1) is 5.92 Å². The third kappa shape index (κ3) is 2.61. The number of hydrogen-bond acceptors (Lipinski definition) is 3. The van der Waals surface area contributed by atoms with Gasteiger partial charge in [-0.2, -0.15) is 11.8 Å². The summed E-state index contributed by atoms with van der Waals surface area (Å²) in [5, 5.41) is 0. The fourth-order valence-corrected chi connectivity index (χ4v) is 3.46. The maximum Gasteiger partial charge on any atom is 0.229 e. The van der Waals surface area contributed by atoms with Crippen molar-refractivity contribution in [3.05, 3.63) is 12.2 Å². The molecular weight excluding hydrogens is 220 g/mol. The van der Waals surface area contributed by atoms with Crippen LogP contribution in [-0.4, -0.2) is 40.4 Å². The van der Waals surface area contributed by atoms with E-state index in [1.165, 1.54) is 0 Å². The van der Waals surface area contributed by atoms with Gasteiger partial charge in [0, 0.05) is 29.6 Å². The van der Waals surface area contributed by atoms with Crippen LogP contribution < -0.4 is 5.73 Å². The maximum absolute atomic E-state index is 12.2. The van der Waals surface area contributed by atoms with E-state index in [1.54, 1.807) is 0 Å². The number of carbonyl (C=O) groups excluding carboxylic acids is 1. The summed E-state index contributed by atoms with van der Waals surface area (Å²) in [5.41, 5.74) is 5.78. The number of thioether (sulfide) groups is 1. The molecular formula is C12H20N2OS. The van der Waals surface area contributed by atoms with Gasteiger partial charge in [-0.3, -0.25) is 4.79 Å². The van der Waals surface area contributed by atoms with E-state index in [4.69, 9.17) is 5.73 Å². The van der Waals surface area contributed by atoms with Crippen molar-refractivity contribution >= 4 is 17.7 Å². The monoisotopic (exact) mass is 240 g/mol. The molecule has 1 fully saturated rings. The highest BCUT2D eigenvalue weighted by atomic mass is 32.2. The molecule has 0 aromatic heterocycles. The smallest absolute Gasteiger partial charge is 0.229 e. The lowest BCUT2D eigenvalue weighted by molar-refractivity contribution is -0.134. The van der Waals surface area contributed by atoms with Gasteiger partial charge < -0.3 is 10.6 Å². The van der Waals surface area contributed by atoms with Crippen molar-refractivity contribution < 1.29 is 4.79 Å². The SMILES string of the molecule is CC1(C)CN(C(=O)C2C=CC(N)C2)CCS1. The molecule has 2 aliphatic rings. The van der Waals surface area contributed by atoms with Crippen molar-refractivity contribution in [2.24, 2.45) is 11.7 Å². The Labute approximate surface area is 101 Å². The van der Waals surface area contributed by atoms with Gasteiger partial charge in [0.2, 0.25) is 5.91 Å². The highest BCUT2D eigenvalue weighted by Gasteiger charge is 2.33. The summed E-state index contributed by atoms with van der Waals surface area (Å²) in [6.07, 6.45) is 4.71. The minimum absolute atomic E-state index is 0.0221. The molecule has 2 rings (SSSR count). The van der Waals surface area contributed by atoms with Crippen LogP contribution in [0, 0.1) is 5.92 Å². The zero-order valence-corrected chi connectivity index (χ0v) is 10.8. The van der Waals surface area contributed by atoms with E-state index in [9.17, 15) is 4.79 Å². The highest BCUT2D eigenvalue weighted by molar-refractivity contribution is 8.00. The van der Waals surface area contributed by atoms with Gasteiger partial charge in [0.15, 0.2) is 0 Å². The molecule has 0 radical (unpaired) electrons. The van der Waals surface area contributed by atoms with Crippen molar-refractivity contribution in [3.63, 3.8) is 0 Å². The van der Waals surface area contributed by atoms with Gasteiger partial charge in [0.1, 0.15) is 0 Å². The van der Waals surface area contributed by atoms with E-state index in [2.05, 4.69) is 13.8 Å². The fraction of sp³-hybridized carbons (Fsp3) is 0.750. The van der Waals surface area contributed by atoms with Crippen molar-refractivity contribution in [3.8, 4) is 0 Å². The predicted molar refractivity (Wildman–Crippen MR) is 68.3 cm³/mol. The molecule has 0 aromatic carbocycles. The Hall–Kier alpha value is -0.480. The topological polar surface area (TPSA) is 46.3 Å². The van der Waals surface area contributed by atoms with Crippen LogP contribution in [0.3, 0.4) is 0 Å². The number of nitrogens with zero attached hydrogens (tertiary/aromatic N) is 1. The number of carbonyl (C=O) groups is 1. The third-order valence-electron chi connectivity index (χ3n) is 3.17. The average molecular weight is 240 g/mol. The molecule has 1 amide bonds. The summed E-state index contributed by atoms with van der Waals surface area (Å²) in [4.78, 5) is 14.2. The second-order valence-electron chi connectivity index (χ2n) is 5.26. The minimum atomic E-state index is 0.0221. The van der Waals surface area contributed by atoms with Crippen LogP contribution in [0.15, 0.2) is 12.2 Å². The van der Waals surface area contributed by atoms with Crippen LogP contribution in [0.25, 0.3) is 0 Å². The van der Waals surface area contributed by atoms with Gasteiger partial charge in [0.25, 0.3) is 0 Å². The van der Waals surface area contributed by atoms with E-state index < -0.39 is 0 Å². The molecule has 0 bridgehead atoms. The first-order valence-electron chi connectivity index (χ1n) is 5.85. The van der Waals surface area contributed by atoms with Gasteiger partial charge >= 0.3 is 0 Å². The van der Waals surface area contributed by atoms with E-state index >= 15 is 0 Å². The summed E-state index contributed by atoms with van der Waals surface area (Å²) in [5.74, 6) is 1.33. The van der Waals surface area contributed by atoms with Gasteiger partial charge in [-0.1, -0.05) is 12.2 Å². The average Bonchev–Trinajstić information content (AvgIpc) is 2.62. The first-order chi connectivity index (χ1) is 7.48. The maximum atomic E-state index is 12.2. The molecule has 0 saturated carbocycles. The van der Waals surface area contributed by atoms with Crippen molar-refractivity contribution in [2.75, 3.05) is 18.8 Å². The van der Waals surface area contributed by atoms with Crippen LogP contribution in [-0.2, 0) is 4.79 Å². The summed E-state index contributed by atoms with van der Waals surface area (Å²) in [6.45, 7) is 6.14. The zero-order chi connectivity index (χ0) is 11.8. The Bertz CT molecular complexity index is 314. The molecule has 4 heteroatoms. The molecule has 1 heterocycles. The van der Waals surface area contributed by atoms with Crippen molar-refractivity contribution in [1.82, 2.24) is 4.90 Å². The highest BCUT2D eigenvalue weighted by Crippen LogP contribution is 2.31. The molecule has 0 spiro atoms. The number of rotatable bonds is 1. The molecule has 2 unspecified atom stereocenters. The van der Waals surface area contributed by atoms with Crippen LogP contribution in [0.4, 0.5) is 0 Å². The lowest BCUT2D eigenvalue weighted by Crippen LogP contribution is -2.48. The van der Waals surface area contributed by atoms with Gasteiger partial charge in [-0.25, -0.2) is 0 Å². The van der Waals surface area contributed by atoms with Crippen LogP contribution in [0.1, 0.15) is 20.3 Å². The second-order valence-corrected chi connectivity index (χ2v) is 7.06.